The molecule has 2 N–H and O–H groups in total. The first-order valence-electron chi connectivity index (χ1n) is 4.71. The first kappa shape index (κ1) is 12.1. The van der Waals surface area contributed by atoms with Crippen molar-refractivity contribution in [1.29, 1.82) is 0 Å². The molecule has 0 saturated heterocycles. The van der Waals surface area contributed by atoms with Gasteiger partial charge in [0, 0.05) is 0 Å². The largest absolute Gasteiger partial charge is 0.480 e. The van der Waals surface area contributed by atoms with Crippen molar-refractivity contribution in [2.24, 2.45) is 0 Å². The molecule has 5 heteroatoms. The normalized spacial score (nSPS) is 12.6. The average Bonchev–Trinajstić information content (AvgIpc) is 2.70. The van der Waals surface area contributed by atoms with Gasteiger partial charge >= 0.3 is 5.97 Å². The van der Waals surface area contributed by atoms with Crippen LogP contribution in [0, 0.1) is 0 Å². The van der Waals surface area contributed by atoms with Gasteiger partial charge in [-0.05, 0) is 30.6 Å². The van der Waals surface area contributed by atoms with Gasteiger partial charge in [0.1, 0.15) is 11.8 Å². The maximum absolute atomic E-state index is 10.9. The number of carbonyl (C=O) groups is 1. The number of carboxylic acid groups (broad SMARTS) is 1. The highest BCUT2D eigenvalue weighted by molar-refractivity contribution is 7.98. The third-order valence-corrected chi connectivity index (χ3v) is 2.66. The number of hydrogen-bond donors (Lipinski definition) is 2. The summed E-state index contributed by atoms with van der Waals surface area (Å²) < 4.78 is 5.11. The van der Waals surface area contributed by atoms with Gasteiger partial charge in [-0.1, -0.05) is 0 Å². The molecule has 0 radical (unpaired) electrons. The lowest BCUT2D eigenvalue weighted by molar-refractivity contribution is -0.139. The quantitative estimate of drug-likeness (QED) is 0.743. The smallest absolute Gasteiger partial charge is 0.320 e. The topological polar surface area (TPSA) is 62.5 Å². The van der Waals surface area contributed by atoms with Crippen LogP contribution in [0.1, 0.15) is 12.2 Å². The molecule has 1 aromatic heterocycles. The van der Waals surface area contributed by atoms with Crippen LogP contribution in [-0.2, 0) is 11.3 Å². The molecule has 1 rings (SSSR count). The van der Waals surface area contributed by atoms with E-state index in [0.29, 0.717) is 13.0 Å². The van der Waals surface area contributed by atoms with Crippen LogP contribution in [0.3, 0.4) is 0 Å². The van der Waals surface area contributed by atoms with Crippen LogP contribution in [0.2, 0.25) is 0 Å². The predicted molar refractivity (Wildman–Crippen MR) is 60.0 cm³/mol. The highest BCUT2D eigenvalue weighted by Crippen LogP contribution is 2.04. The van der Waals surface area contributed by atoms with E-state index in [1.807, 2.05) is 12.3 Å². The van der Waals surface area contributed by atoms with E-state index in [4.69, 9.17) is 9.52 Å². The van der Waals surface area contributed by atoms with Crippen LogP contribution < -0.4 is 5.32 Å². The maximum Gasteiger partial charge on any atom is 0.320 e. The zero-order valence-corrected chi connectivity index (χ0v) is 9.42. The van der Waals surface area contributed by atoms with Crippen LogP contribution in [0.25, 0.3) is 0 Å². The molecule has 4 nitrogen and oxygen atoms in total. The van der Waals surface area contributed by atoms with Gasteiger partial charge in [-0.15, -0.1) is 0 Å². The van der Waals surface area contributed by atoms with E-state index < -0.39 is 12.0 Å². The standard InChI is InChI=1S/C10H15NO3S/c1-15-6-4-9(10(12)13)11-7-8-3-2-5-14-8/h2-3,5,9,11H,4,6-7H2,1H3,(H,12,13)/t9-/m0/s1. The third-order valence-electron chi connectivity index (χ3n) is 2.01. The number of furan rings is 1. The van der Waals surface area contributed by atoms with E-state index in [9.17, 15) is 4.79 Å². The molecule has 0 amide bonds. The third kappa shape index (κ3) is 4.40. The highest BCUT2D eigenvalue weighted by atomic mass is 32.2. The van der Waals surface area contributed by atoms with E-state index in [1.165, 1.54) is 0 Å². The maximum atomic E-state index is 10.9. The molecule has 15 heavy (non-hydrogen) atoms. The van der Waals surface area contributed by atoms with Crippen molar-refractivity contribution in [3.63, 3.8) is 0 Å². The van der Waals surface area contributed by atoms with Crippen LogP contribution in [0.4, 0.5) is 0 Å². The van der Waals surface area contributed by atoms with Crippen molar-refractivity contribution >= 4 is 17.7 Å². The molecule has 0 bridgehead atoms. The molecule has 1 atom stereocenters. The lowest BCUT2D eigenvalue weighted by Crippen LogP contribution is -2.36. The zero-order chi connectivity index (χ0) is 11.1. The summed E-state index contributed by atoms with van der Waals surface area (Å²) in [5, 5.41) is 11.9. The fourth-order valence-corrected chi connectivity index (χ4v) is 1.66. The Morgan fingerprint density at radius 1 is 1.73 bits per heavy atom. The predicted octanol–water partition coefficient (Wildman–Crippen LogP) is 1.58. The fourth-order valence-electron chi connectivity index (χ4n) is 1.19. The van der Waals surface area contributed by atoms with Gasteiger partial charge in [-0.25, -0.2) is 0 Å². The van der Waals surface area contributed by atoms with Gasteiger partial charge in [0.25, 0.3) is 0 Å². The summed E-state index contributed by atoms with van der Waals surface area (Å²) in [4.78, 5) is 10.9. The van der Waals surface area contributed by atoms with E-state index >= 15 is 0 Å². The van der Waals surface area contributed by atoms with E-state index in [0.717, 1.165) is 11.5 Å². The molecule has 0 aliphatic rings. The molecule has 0 aromatic carbocycles. The van der Waals surface area contributed by atoms with Crippen molar-refractivity contribution in [1.82, 2.24) is 5.32 Å². The Morgan fingerprint density at radius 2 is 2.53 bits per heavy atom. The minimum absolute atomic E-state index is 0.457. The average molecular weight is 229 g/mol. The number of thioether (sulfide) groups is 1. The first-order chi connectivity index (χ1) is 7.24. The van der Waals surface area contributed by atoms with Gasteiger partial charge in [-0.2, -0.15) is 11.8 Å². The molecule has 1 aromatic rings. The summed E-state index contributed by atoms with van der Waals surface area (Å²) in [6.45, 7) is 0.457. The number of carboxylic acids is 1. The summed E-state index contributed by atoms with van der Waals surface area (Å²) in [6, 6.07) is 3.11. The first-order valence-corrected chi connectivity index (χ1v) is 6.11. The second-order valence-corrected chi connectivity index (χ2v) is 4.12. The fraction of sp³-hybridized carbons (Fsp3) is 0.500. The number of rotatable bonds is 7. The monoisotopic (exact) mass is 229 g/mol. The molecule has 0 saturated carbocycles. The Labute approximate surface area is 93.0 Å². The summed E-state index contributed by atoms with van der Waals surface area (Å²) in [6.07, 6.45) is 4.16. The molecular formula is C10H15NO3S. The Hall–Kier alpha value is -0.940. The summed E-state index contributed by atoms with van der Waals surface area (Å²) in [5.41, 5.74) is 0. The second-order valence-electron chi connectivity index (χ2n) is 3.13. The lowest BCUT2D eigenvalue weighted by atomic mass is 10.2. The Balaban J connectivity index is 2.34. The number of hydrogen-bond acceptors (Lipinski definition) is 4. The van der Waals surface area contributed by atoms with Gasteiger partial charge in [0.05, 0.1) is 12.8 Å². The van der Waals surface area contributed by atoms with Gasteiger partial charge < -0.3 is 9.52 Å². The van der Waals surface area contributed by atoms with Crippen molar-refractivity contribution in [3.05, 3.63) is 24.2 Å². The molecule has 1 heterocycles. The van der Waals surface area contributed by atoms with Gasteiger partial charge in [-0.3, -0.25) is 10.1 Å². The molecule has 0 aliphatic heterocycles. The zero-order valence-electron chi connectivity index (χ0n) is 8.60. The second kappa shape index (κ2) is 6.53. The highest BCUT2D eigenvalue weighted by Gasteiger charge is 2.16. The SMILES string of the molecule is CSCC[C@H](NCc1ccco1)C(=O)O. The Morgan fingerprint density at radius 3 is 3.07 bits per heavy atom. The van der Waals surface area contributed by atoms with Crippen molar-refractivity contribution in [3.8, 4) is 0 Å². The number of nitrogens with one attached hydrogen (secondary N) is 1. The van der Waals surface area contributed by atoms with E-state index in [-0.39, 0.29) is 0 Å². The van der Waals surface area contributed by atoms with Crippen LogP contribution in [0.15, 0.2) is 22.8 Å². The van der Waals surface area contributed by atoms with Crippen molar-refractivity contribution < 1.29 is 14.3 Å². The van der Waals surface area contributed by atoms with Gasteiger partial charge in [0.2, 0.25) is 0 Å². The van der Waals surface area contributed by atoms with Crippen LogP contribution in [0.5, 0.6) is 0 Å². The van der Waals surface area contributed by atoms with E-state index in [2.05, 4.69) is 5.32 Å². The summed E-state index contributed by atoms with van der Waals surface area (Å²) in [5.74, 6) is 0.781. The molecule has 0 aliphatic carbocycles. The summed E-state index contributed by atoms with van der Waals surface area (Å²) >= 11 is 1.64. The van der Waals surface area contributed by atoms with Gasteiger partial charge in [0.15, 0.2) is 0 Å². The Kier molecular flexibility index (Phi) is 5.28. The van der Waals surface area contributed by atoms with Crippen molar-refractivity contribution in [2.45, 2.75) is 19.0 Å². The summed E-state index contributed by atoms with van der Waals surface area (Å²) in [7, 11) is 0. The molecule has 84 valence electrons. The number of aliphatic carboxylic acids is 1. The minimum atomic E-state index is -0.810. The Bertz CT molecular complexity index is 287. The van der Waals surface area contributed by atoms with Crippen LogP contribution in [-0.4, -0.2) is 29.1 Å². The minimum Gasteiger partial charge on any atom is -0.480 e. The van der Waals surface area contributed by atoms with Crippen molar-refractivity contribution in [2.75, 3.05) is 12.0 Å². The lowest BCUT2D eigenvalue weighted by Gasteiger charge is -2.12. The molecule has 0 unspecified atom stereocenters. The van der Waals surface area contributed by atoms with E-state index in [1.54, 1.807) is 24.1 Å². The molecular weight excluding hydrogens is 214 g/mol. The van der Waals surface area contributed by atoms with Crippen LogP contribution >= 0.6 is 11.8 Å². The molecule has 0 spiro atoms. The molecule has 0 fully saturated rings.